The molecule has 0 heterocycles. The Morgan fingerprint density at radius 2 is 1.32 bits per heavy atom. The fraction of sp³-hybridized carbons (Fsp3) is 0.278. The molecule has 98 valence electrons. The monoisotopic (exact) mass is 252 g/mol. The number of carbonyl (C=O) groups is 1. The van der Waals surface area contributed by atoms with Crippen LogP contribution in [-0.2, 0) is 17.6 Å². The topological polar surface area (TPSA) is 17.1 Å². The highest BCUT2D eigenvalue weighted by Crippen LogP contribution is 2.09. The van der Waals surface area contributed by atoms with Crippen molar-refractivity contribution in [1.82, 2.24) is 0 Å². The minimum atomic E-state index is 0.351. The summed E-state index contributed by atoms with van der Waals surface area (Å²) < 4.78 is 0. The van der Waals surface area contributed by atoms with Crippen molar-refractivity contribution in [1.29, 1.82) is 0 Å². The number of Topliss-reactive ketones (excluding diaryl/α,β-unsaturated/α-hetero) is 1. The zero-order chi connectivity index (χ0) is 13.5. The van der Waals surface area contributed by atoms with E-state index in [4.69, 9.17) is 0 Å². The molecule has 0 aromatic heterocycles. The number of hydrogen-bond acceptors (Lipinski definition) is 1. The fourth-order valence-corrected chi connectivity index (χ4v) is 2.09. The van der Waals surface area contributed by atoms with Crippen molar-refractivity contribution in [2.24, 2.45) is 0 Å². The van der Waals surface area contributed by atoms with Gasteiger partial charge in [0.15, 0.2) is 0 Å². The highest BCUT2D eigenvalue weighted by Gasteiger charge is 2.03. The second-order valence-electron chi connectivity index (χ2n) is 5.01. The molecule has 0 saturated heterocycles. The van der Waals surface area contributed by atoms with E-state index in [0.29, 0.717) is 18.6 Å². The van der Waals surface area contributed by atoms with E-state index in [0.717, 1.165) is 12.8 Å². The van der Waals surface area contributed by atoms with E-state index in [1.807, 2.05) is 18.2 Å². The zero-order valence-corrected chi connectivity index (χ0v) is 11.4. The predicted octanol–water partition coefficient (Wildman–Crippen LogP) is 4.13. The molecular weight excluding hydrogens is 232 g/mol. The molecule has 0 amide bonds. The first-order valence-corrected chi connectivity index (χ1v) is 6.85. The van der Waals surface area contributed by atoms with Crippen molar-refractivity contribution in [2.45, 2.75) is 32.6 Å². The van der Waals surface area contributed by atoms with Crippen LogP contribution in [0.25, 0.3) is 0 Å². The highest BCUT2D eigenvalue weighted by molar-refractivity contribution is 5.78. The number of benzene rings is 2. The van der Waals surface area contributed by atoms with E-state index in [1.54, 1.807) is 0 Å². The number of ketones is 1. The maximum absolute atomic E-state index is 11.9. The molecule has 0 saturated carbocycles. The number of aryl methyl sites for hydroxylation is 3. The normalized spacial score (nSPS) is 10.4. The van der Waals surface area contributed by atoms with E-state index in [2.05, 4.69) is 43.3 Å². The van der Waals surface area contributed by atoms with Crippen LogP contribution < -0.4 is 0 Å². The van der Waals surface area contributed by atoms with E-state index in [1.165, 1.54) is 16.7 Å². The van der Waals surface area contributed by atoms with Gasteiger partial charge in [-0.3, -0.25) is 4.79 Å². The van der Waals surface area contributed by atoms with E-state index >= 15 is 0 Å². The lowest BCUT2D eigenvalue weighted by Gasteiger charge is -2.03. The van der Waals surface area contributed by atoms with Crippen molar-refractivity contribution in [3.05, 3.63) is 71.3 Å². The maximum Gasteiger partial charge on any atom is 0.133 e. The van der Waals surface area contributed by atoms with E-state index in [9.17, 15) is 4.79 Å². The summed E-state index contributed by atoms with van der Waals surface area (Å²) in [5.74, 6) is 0.351. The van der Waals surface area contributed by atoms with Gasteiger partial charge in [0.05, 0.1) is 0 Å². The van der Waals surface area contributed by atoms with Crippen LogP contribution in [0.5, 0.6) is 0 Å². The second kappa shape index (κ2) is 6.89. The highest BCUT2D eigenvalue weighted by atomic mass is 16.1. The van der Waals surface area contributed by atoms with Crippen molar-refractivity contribution in [3.63, 3.8) is 0 Å². The summed E-state index contributed by atoms with van der Waals surface area (Å²) in [6.07, 6.45) is 3.01. The summed E-state index contributed by atoms with van der Waals surface area (Å²) >= 11 is 0. The molecule has 0 bridgehead atoms. The van der Waals surface area contributed by atoms with Gasteiger partial charge in [-0.1, -0.05) is 60.2 Å². The van der Waals surface area contributed by atoms with Gasteiger partial charge in [0.25, 0.3) is 0 Å². The Bertz CT molecular complexity index is 511. The van der Waals surface area contributed by atoms with Gasteiger partial charge in [0.2, 0.25) is 0 Å². The van der Waals surface area contributed by atoms with Gasteiger partial charge in [0, 0.05) is 12.8 Å². The van der Waals surface area contributed by atoms with Crippen LogP contribution >= 0.6 is 0 Å². The Morgan fingerprint density at radius 1 is 0.789 bits per heavy atom. The van der Waals surface area contributed by atoms with Gasteiger partial charge >= 0.3 is 0 Å². The molecule has 0 fully saturated rings. The first kappa shape index (κ1) is 13.5. The summed E-state index contributed by atoms with van der Waals surface area (Å²) in [7, 11) is 0. The third-order valence-electron chi connectivity index (χ3n) is 3.35. The van der Waals surface area contributed by atoms with Crippen LogP contribution in [0.2, 0.25) is 0 Å². The van der Waals surface area contributed by atoms with Gasteiger partial charge in [-0.05, 0) is 30.9 Å². The number of hydrogen-bond donors (Lipinski definition) is 0. The molecule has 19 heavy (non-hydrogen) atoms. The number of rotatable bonds is 6. The molecule has 0 radical (unpaired) electrons. The third kappa shape index (κ3) is 4.70. The van der Waals surface area contributed by atoms with Gasteiger partial charge < -0.3 is 0 Å². The molecule has 0 aliphatic heterocycles. The molecule has 2 aromatic carbocycles. The average molecular weight is 252 g/mol. The van der Waals surface area contributed by atoms with Crippen LogP contribution in [0, 0.1) is 6.92 Å². The summed E-state index contributed by atoms with van der Waals surface area (Å²) in [5.41, 5.74) is 3.75. The smallest absolute Gasteiger partial charge is 0.133 e. The molecule has 2 rings (SSSR count). The summed E-state index contributed by atoms with van der Waals surface area (Å²) in [4.78, 5) is 11.9. The lowest BCUT2D eigenvalue weighted by molar-refractivity contribution is -0.119. The van der Waals surface area contributed by atoms with Gasteiger partial charge in [-0.2, -0.15) is 0 Å². The van der Waals surface area contributed by atoms with Gasteiger partial charge in [-0.15, -0.1) is 0 Å². The molecule has 1 nitrogen and oxygen atoms in total. The van der Waals surface area contributed by atoms with Crippen molar-refractivity contribution < 1.29 is 4.79 Å². The Morgan fingerprint density at radius 3 is 1.89 bits per heavy atom. The molecule has 1 heteroatoms. The van der Waals surface area contributed by atoms with Crippen LogP contribution in [-0.4, -0.2) is 5.78 Å². The van der Waals surface area contributed by atoms with Gasteiger partial charge in [0.1, 0.15) is 5.78 Å². The molecule has 0 aliphatic carbocycles. The van der Waals surface area contributed by atoms with Crippen LogP contribution in [0.4, 0.5) is 0 Å². The Labute approximate surface area is 115 Å². The van der Waals surface area contributed by atoms with Crippen LogP contribution in [0.1, 0.15) is 29.5 Å². The zero-order valence-electron chi connectivity index (χ0n) is 11.4. The van der Waals surface area contributed by atoms with E-state index < -0.39 is 0 Å². The van der Waals surface area contributed by atoms with Crippen molar-refractivity contribution in [3.8, 4) is 0 Å². The van der Waals surface area contributed by atoms with Crippen LogP contribution in [0.15, 0.2) is 54.6 Å². The lowest BCUT2D eigenvalue weighted by atomic mass is 10.0. The molecule has 0 atom stereocenters. The maximum atomic E-state index is 11.9. The molecule has 0 spiro atoms. The SMILES string of the molecule is Cc1ccc(CCC(=O)CCc2ccccc2)cc1. The predicted molar refractivity (Wildman–Crippen MR) is 79.3 cm³/mol. The Kier molecular flexibility index (Phi) is 4.91. The largest absolute Gasteiger partial charge is 0.300 e. The molecule has 0 N–H and O–H groups in total. The standard InChI is InChI=1S/C18H20O/c1-15-7-9-17(10-8-15)12-14-18(19)13-11-16-5-3-2-4-6-16/h2-10H,11-14H2,1H3. The van der Waals surface area contributed by atoms with Crippen molar-refractivity contribution in [2.75, 3.05) is 0 Å². The summed E-state index contributed by atoms with van der Waals surface area (Å²) in [6.45, 7) is 2.08. The van der Waals surface area contributed by atoms with Crippen LogP contribution in [0.3, 0.4) is 0 Å². The lowest BCUT2D eigenvalue weighted by Crippen LogP contribution is -2.02. The first-order valence-electron chi connectivity index (χ1n) is 6.85. The Balaban J connectivity index is 1.74. The van der Waals surface area contributed by atoms with E-state index in [-0.39, 0.29) is 0 Å². The molecule has 0 unspecified atom stereocenters. The Hall–Kier alpha value is -1.89. The minimum absolute atomic E-state index is 0.351. The summed E-state index contributed by atoms with van der Waals surface area (Å²) in [6, 6.07) is 18.6. The average Bonchev–Trinajstić information content (AvgIpc) is 2.45. The fourth-order valence-electron chi connectivity index (χ4n) is 2.09. The number of carbonyl (C=O) groups excluding carboxylic acids is 1. The molecule has 0 aliphatic rings. The second-order valence-corrected chi connectivity index (χ2v) is 5.01. The first-order chi connectivity index (χ1) is 9.24. The minimum Gasteiger partial charge on any atom is -0.300 e. The molecular formula is C18H20O. The third-order valence-corrected chi connectivity index (χ3v) is 3.35. The molecule has 2 aromatic rings. The summed E-state index contributed by atoms with van der Waals surface area (Å²) in [5, 5.41) is 0. The van der Waals surface area contributed by atoms with Crippen molar-refractivity contribution >= 4 is 5.78 Å². The quantitative estimate of drug-likeness (QED) is 0.755. The van der Waals surface area contributed by atoms with Gasteiger partial charge in [-0.25, -0.2) is 0 Å².